The molecule has 2 saturated heterocycles. The van der Waals surface area contributed by atoms with Gasteiger partial charge in [-0.05, 0) is 6.92 Å². The molecular weight excluding hydrogens is 288 g/mol. The van der Waals surface area contributed by atoms with Gasteiger partial charge in [0.2, 0.25) is 0 Å². The maximum absolute atomic E-state index is 9.96. The van der Waals surface area contributed by atoms with E-state index in [2.05, 4.69) is 0 Å². The van der Waals surface area contributed by atoms with Gasteiger partial charge in [-0.25, -0.2) is 0 Å². The molecule has 0 radical (unpaired) electrons. The van der Waals surface area contributed by atoms with Crippen LogP contribution in [0, 0.1) is 0 Å². The van der Waals surface area contributed by atoms with Crippen LogP contribution < -0.4 is 0 Å². The quantitative estimate of drug-likeness (QED) is 0.367. The molecule has 0 aromatic carbocycles. The molecule has 2 heterocycles. The first kappa shape index (κ1) is 17.0. The van der Waals surface area contributed by atoms with Gasteiger partial charge in [0.05, 0.1) is 12.7 Å². The minimum atomic E-state index is -1.51. The first-order chi connectivity index (χ1) is 9.86. The molecule has 0 spiro atoms. The maximum atomic E-state index is 9.96. The van der Waals surface area contributed by atoms with E-state index >= 15 is 0 Å². The molecule has 0 amide bonds. The summed E-state index contributed by atoms with van der Waals surface area (Å²) in [5, 5.41) is 48.8. The second kappa shape index (κ2) is 6.82. The summed E-state index contributed by atoms with van der Waals surface area (Å²) in [6.07, 6.45) is -10.9. The van der Waals surface area contributed by atoms with Gasteiger partial charge in [0.25, 0.3) is 0 Å². The van der Waals surface area contributed by atoms with Crippen molar-refractivity contribution < 1.29 is 44.5 Å². The molecule has 0 unspecified atom stereocenters. The Labute approximate surface area is 121 Å². The highest BCUT2D eigenvalue weighted by molar-refractivity contribution is 4.90. The number of ether oxygens (including phenoxy) is 4. The first-order valence-corrected chi connectivity index (χ1v) is 6.72. The fraction of sp³-hybridized carbons (Fsp3) is 1.00. The van der Waals surface area contributed by atoms with E-state index in [9.17, 15) is 25.5 Å². The molecular formula is C12H22O9. The normalized spacial score (nSPS) is 51.9. The molecule has 0 bridgehead atoms. The SMILES string of the molecule is CO[C@H]1OC[C@H](O)[C@@H](O)[C@@H]1O[C@H]1O[C@H](C)[C@@H](O)[C@@H](O)[C@H]1O. The van der Waals surface area contributed by atoms with E-state index in [0.717, 1.165) is 0 Å². The summed E-state index contributed by atoms with van der Waals surface area (Å²) in [7, 11) is 1.34. The van der Waals surface area contributed by atoms with Crippen LogP contribution in [0.25, 0.3) is 0 Å². The maximum Gasteiger partial charge on any atom is 0.187 e. The molecule has 9 heteroatoms. The van der Waals surface area contributed by atoms with Crippen molar-refractivity contribution in [2.24, 2.45) is 0 Å². The van der Waals surface area contributed by atoms with E-state index < -0.39 is 55.3 Å². The summed E-state index contributed by atoms with van der Waals surface area (Å²) in [5.74, 6) is 0. The number of aliphatic hydroxyl groups is 5. The van der Waals surface area contributed by atoms with Crippen LogP contribution >= 0.6 is 0 Å². The highest BCUT2D eigenvalue weighted by Crippen LogP contribution is 2.27. The lowest BCUT2D eigenvalue weighted by molar-refractivity contribution is -0.350. The average molecular weight is 310 g/mol. The van der Waals surface area contributed by atoms with E-state index in [1.165, 1.54) is 14.0 Å². The second-order valence-corrected chi connectivity index (χ2v) is 5.28. The van der Waals surface area contributed by atoms with Crippen LogP contribution in [0.2, 0.25) is 0 Å². The molecule has 124 valence electrons. The predicted molar refractivity (Wildman–Crippen MR) is 66.0 cm³/mol. The van der Waals surface area contributed by atoms with Crippen molar-refractivity contribution in [3.63, 3.8) is 0 Å². The van der Waals surface area contributed by atoms with Gasteiger partial charge in [-0.15, -0.1) is 0 Å². The number of hydrogen-bond donors (Lipinski definition) is 5. The van der Waals surface area contributed by atoms with E-state index in [0.29, 0.717) is 0 Å². The number of aliphatic hydroxyl groups excluding tert-OH is 5. The zero-order valence-corrected chi connectivity index (χ0v) is 11.8. The third kappa shape index (κ3) is 3.36. The number of methoxy groups -OCH3 is 1. The highest BCUT2D eigenvalue weighted by atomic mass is 16.7. The number of rotatable bonds is 3. The van der Waals surface area contributed by atoms with Crippen molar-refractivity contribution >= 4 is 0 Å². The summed E-state index contributed by atoms with van der Waals surface area (Å²) in [6, 6.07) is 0. The van der Waals surface area contributed by atoms with E-state index in [4.69, 9.17) is 18.9 Å². The van der Waals surface area contributed by atoms with Crippen molar-refractivity contribution in [3.8, 4) is 0 Å². The van der Waals surface area contributed by atoms with Gasteiger partial charge >= 0.3 is 0 Å². The molecule has 2 aliphatic rings. The molecule has 9 nitrogen and oxygen atoms in total. The fourth-order valence-electron chi connectivity index (χ4n) is 2.39. The molecule has 0 aromatic rings. The fourth-order valence-corrected chi connectivity index (χ4v) is 2.39. The van der Waals surface area contributed by atoms with Crippen LogP contribution in [0.15, 0.2) is 0 Å². The Kier molecular flexibility index (Phi) is 5.52. The van der Waals surface area contributed by atoms with E-state index in [1.54, 1.807) is 0 Å². The summed E-state index contributed by atoms with van der Waals surface area (Å²) < 4.78 is 20.9. The van der Waals surface area contributed by atoms with Crippen molar-refractivity contribution in [2.75, 3.05) is 13.7 Å². The van der Waals surface area contributed by atoms with Gasteiger partial charge in [0, 0.05) is 7.11 Å². The van der Waals surface area contributed by atoms with Crippen LogP contribution in [0.4, 0.5) is 0 Å². The molecule has 2 aliphatic heterocycles. The number of hydrogen-bond acceptors (Lipinski definition) is 9. The smallest absolute Gasteiger partial charge is 0.187 e. The van der Waals surface area contributed by atoms with Crippen molar-refractivity contribution in [1.82, 2.24) is 0 Å². The molecule has 21 heavy (non-hydrogen) atoms. The Morgan fingerprint density at radius 1 is 0.905 bits per heavy atom. The Hall–Kier alpha value is -0.360. The summed E-state index contributed by atoms with van der Waals surface area (Å²) in [6.45, 7) is 1.39. The average Bonchev–Trinajstić information content (AvgIpc) is 2.47. The van der Waals surface area contributed by atoms with Crippen molar-refractivity contribution in [1.29, 1.82) is 0 Å². The lowest BCUT2D eigenvalue weighted by Crippen LogP contribution is -2.61. The Morgan fingerprint density at radius 2 is 1.57 bits per heavy atom. The van der Waals surface area contributed by atoms with Gasteiger partial charge in [0.1, 0.15) is 36.6 Å². The van der Waals surface area contributed by atoms with Gasteiger partial charge in [0.15, 0.2) is 12.6 Å². The minimum Gasteiger partial charge on any atom is -0.388 e. The molecule has 2 rings (SSSR count). The summed E-state index contributed by atoms with van der Waals surface area (Å²) in [4.78, 5) is 0. The van der Waals surface area contributed by atoms with Crippen LogP contribution in [0.1, 0.15) is 6.92 Å². The van der Waals surface area contributed by atoms with Gasteiger partial charge < -0.3 is 44.5 Å². The van der Waals surface area contributed by atoms with E-state index in [1.807, 2.05) is 0 Å². The van der Waals surface area contributed by atoms with Gasteiger partial charge in [-0.3, -0.25) is 0 Å². The lowest BCUT2D eigenvalue weighted by atomic mass is 9.99. The van der Waals surface area contributed by atoms with Crippen LogP contribution in [-0.4, -0.2) is 94.6 Å². The van der Waals surface area contributed by atoms with E-state index in [-0.39, 0.29) is 6.61 Å². The molecule has 0 aliphatic carbocycles. The zero-order chi connectivity index (χ0) is 15.7. The first-order valence-electron chi connectivity index (χ1n) is 6.72. The molecule has 2 fully saturated rings. The molecule has 0 aromatic heterocycles. The molecule has 0 saturated carbocycles. The Morgan fingerprint density at radius 3 is 2.19 bits per heavy atom. The van der Waals surface area contributed by atoms with Crippen LogP contribution in [0.3, 0.4) is 0 Å². The van der Waals surface area contributed by atoms with Crippen LogP contribution in [-0.2, 0) is 18.9 Å². The Bertz CT molecular complexity index is 339. The van der Waals surface area contributed by atoms with Gasteiger partial charge in [-0.1, -0.05) is 0 Å². The third-order valence-corrected chi connectivity index (χ3v) is 3.76. The second-order valence-electron chi connectivity index (χ2n) is 5.28. The predicted octanol–water partition coefficient (Wildman–Crippen LogP) is -3.08. The lowest BCUT2D eigenvalue weighted by Gasteiger charge is -2.43. The standard InChI is InChI=1S/C12H22O9/c1-4-6(14)8(16)9(17)11(20-4)21-10-7(15)5(13)3-19-12(10)18-2/h4-17H,3H2,1-2H3/t4-,5+,6-,7-,8-,9-,10+,11-,12+/m1/s1. The monoisotopic (exact) mass is 310 g/mol. The minimum absolute atomic E-state index is 0.120. The molecule has 5 N–H and O–H groups in total. The van der Waals surface area contributed by atoms with Crippen molar-refractivity contribution in [2.45, 2.75) is 62.2 Å². The topological polar surface area (TPSA) is 138 Å². The van der Waals surface area contributed by atoms with Crippen molar-refractivity contribution in [3.05, 3.63) is 0 Å². The summed E-state index contributed by atoms with van der Waals surface area (Å²) in [5.41, 5.74) is 0. The zero-order valence-electron chi connectivity index (χ0n) is 11.8. The van der Waals surface area contributed by atoms with Crippen LogP contribution in [0.5, 0.6) is 0 Å². The third-order valence-electron chi connectivity index (χ3n) is 3.76. The van der Waals surface area contributed by atoms with Gasteiger partial charge in [-0.2, -0.15) is 0 Å². The Balaban J connectivity index is 2.07. The highest BCUT2D eigenvalue weighted by Gasteiger charge is 2.47. The molecule has 9 atom stereocenters. The summed E-state index contributed by atoms with van der Waals surface area (Å²) >= 11 is 0. The largest absolute Gasteiger partial charge is 0.388 e.